The smallest absolute Gasteiger partial charge is 0.230 e. The van der Waals surface area contributed by atoms with Crippen LogP contribution in [0.25, 0.3) is 11.0 Å². The molecule has 7 heteroatoms. The Bertz CT molecular complexity index is 993. The monoisotopic (exact) mass is 394 g/mol. The minimum Gasteiger partial charge on any atom is -0.493 e. The third-order valence-corrected chi connectivity index (χ3v) is 5.13. The Balaban J connectivity index is 1.64. The zero-order chi connectivity index (χ0) is 20.1. The van der Waals surface area contributed by atoms with Gasteiger partial charge in [0.25, 0.3) is 0 Å². The van der Waals surface area contributed by atoms with Gasteiger partial charge >= 0.3 is 0 Å². The van der Waals surface area contributed by atoms with E-state index in [4.69, 9.17) is 24.2 Å². The molecule has 1 aliphatic heterocycles. The summed E-state index contributed by atoms with van der Waals surface area (Å²) in [6.45, 7) is 5.28. The Morgan fingerprint density at radius 2 is 1.86 bits per heavy atom. The first-order valence-corrected chi connectivity index (χ1v) is 9.80. The molecule has 1 aromatic heterocycles. The van der Waals surface area contributed by atoms with Crippen LogP contribution in [0, 0.1) is 0 Å². The maximum absolute atomic E-state index is 5.51. The van der Waals surface area contributed by atoms with Crippen LogP contribution in [0.3, 0.4) is 0 Å². The van der Waals surface area contributed by atoms with Crippen molar-refractivity contribution in [1.82, 2.24) is 14.5 Å². The van der Waals surface area contributed by atoms with Crippen molar-refractivity contribution < 1.29 is 14.2 Å². The molecule has 4 rings (SSSR count). The van der Waals surface area contributed by atoms with Gasteiger partial charge in [-0.2, -0.15) is 0 Å². The van der Waals surface area contributed by atoms with E-state index in [1.54, 1.807) is 20.4 Å². The van der Waals surface area contributed by atoms with E-state index in [0.29, 0.717) is 17.4 Å². The number of nitrogens with zero attached hydrogens (tertiary/aromatic N) is 4. The first kappa shape index (κ1) is 19.4. The number of ether oxygens (including phenoxy) is 3. The van der Waals surface area contributed by atoms with Crippen molar-refractivity contribution in [2.75, 3.05) is 47.1 Å². The Morgan fingerprint density at radius 3 is 2.66 bits per heavy atom. The van der Waals surface area contributed by atoms with Gasteiger partial charge in [-0.25, -0.2) is 9.98 Å². The number of morpholine rings is 1. The summed E-state index contributed by atoms with van der Waals surface area (Å²) in [6.07, 6.45) is 1.79. The molecule has 1 fully saturated rings. The van der Waals surface area contributed by atoms with E-state index in [0.717, 1.165) is 56.0 Å². The maximum Gasteiger partial charge on any atom is 0.230 e. The number of para-hydroxylation sites is 3. The van der Waals surface area contributed by atoms with Gasteiger partial charge in [0, 0.05) is 38.0 Å². The predicted molar refractivity (Wildman–Crippen MR) is 114 cm³/mol. The van der Waals surface area contributed by atoms with Gasteiger partial charge in [-0.1, -0.05) is 18.2 Å². The zero-order valence-electron chi connectivity index (χ0n) is 16.9. The zero-order valence-corrected chi connectivity index (χ0v) is 16.9. The van der Waals surface area contributed by atoms with Crippen LogP contribution in [0.15, 0.2) is 47.5 Å². The van der Waals surface area contributed by atoms with Crippen LogP contribution in [0.5, 0.6) is 11.5 Å². The van der Waals surface area contributed by atoms with Crippen LogP contribution in [0.4, 0.5) is 5.95 Å². The Kier molecular flexibility index (Phi) is 6.07. The summed E-state index contributed by atoms with van der Waals surface area (Å²) < 4.78 is 18.5. The molecule has 3 aromatic rings. The van der Waals surface area contributed by atoms with Gasteiger partial charge in [0.05, 0.1) is 38.5 Å². The molecule has 0 aliphatic carbocycles. The van der Waals surface area contributed by atoms with E-state index in [1.165, 1.54) is 0 Å². The maximum atomic E-state index is 5.51. The lowest BCUT2D eigenvalue weighted by molar-refractivity contribution is 0.0366. The number of imidazole rings is 1. The summed E-state index contributed by atoms with van der Waals surface area (Å²) >= 11 is 0. The summed E-state index contributed by atoms with van der Waals surface area (Å²) in [7, 11) is 3.26. The second-order valence-electron chi connectivity index (χ2n) is 6.85. The van der Waals surface area contributed by atoms with Crippen LogP contribution in [-0.2, 0) is 11.3 Å². The molecule has 2 aromatic carbocycles. The van der Waals surface area contributed by atoms with Gasteiger partial charge in [0.15, 0.2) is 11.5 Å². The van der Waals surface area contributed by atoms with Crippen molar-refractivity contribution in [2.24, 2.45) is 4.99 Å². The van der Waals surface area contributed by atoms with E-state index >= 15 is 0 Å². The average molecular weight is 394 g/mol. The number of hydrogen-bond donors (Lipinski definition) is 0. The molecule has 152 valence electrons. The summed E-state index contributed by atoms with van der Waals surface area (Å²) in [6, 6.07) is 13.9. The molecule has 0 unspecified atom stereocenters. The number of benzene rings is 2. The molecule has 0 saturated carbocycles. The highest BCUT2D eigenvalue weighted by molar-refractivity contribution is 5.87. The van der Waals surface area contributed by atoms with E-state index in [-0.39, 0.29) is 0 Å². The standard InChI is InChI=1S/C22H26N4O3/c1-27-20-9-5-6-17(21(20)28-2)16-23-22-24-18-7-3-4-8-19(18)26(22)11-10-25-12-14-29-15-13-25/h3-9,16H,10-15H2,1-2H3. The molecule has 29 heavy (non-hydrogen) atoms. The fourth-order valence-corrected chi connectivity index (χ4v) is 3.59. The first-order chi connectivity index (χ1) is 14.3. The Hall–Kier alpha value is -2.90. The van der Waals surface area contributed by atoms with Crippen LogP contribution in [0.2, 0.25) is 0 Å². The lowest BCUT2D eigenvalue weighted by Gasteiger charge is -2.26. The van der Waals surface area contributed by atoms with Crippen LogP contribution in [-0.4, -0.2) is 67.7 Å². The highest BCUT2D eigenvalue weighted by atomic mass is 16.5. The molecule has 0 spiro atoms. The van der Waals surface area contributed by atoms with Crippen molar-refractivity contribution in [3.05, 3.63) is 48.0 Å². The summed E-state index contributed by atoms with van der Waals surface area (Å²) in [5.74, 6) is 2.02. The van der Waals surface area contributed by atoms with Gasteiger partial charge < -0.3 is 18.8 Å². The van der Waals surface area contributed by atoms with Crippen molar-refractivity contribution >= 4 is 23.2 Å². The van der Waals surface area contributed by atoms with Gasteiger partial charge in [0.2, 0.25) is 5.95 Å². The molecule has 2 heterocycles. The quantitative estimate of drug-likeness (QED) is 0.576. The number of hydrogen-bond acceptors (Lipinski definition) is 6. The summed E-state index contributed by atoms with van der Waals surface area (Å²) in [4.78, 5) is 11.9. The largest absolute Gasteiger partial charge is 0.493 e. The summed E-state index contributed by atoms with van der Waals surface area (Å²) in [5.41, 5.74) is 2.88. The molecule has 0 bridgehead atoms. The van der Waals surface area contributed by atoms with E-state index in [2.05, 4.69) is 15.5 Å². The molecule has 0 radical (unpaired) electrons. The molecular formula is C22H26N4O3. The third-order valence-electron chi connectivity index (χ3n) is 5.13. The number of fused-ring (bicyclic) bond motifs is 1. The number of aliphatic imine (C=N–C) groups is 1. The molecule has 0 amide bonds. The molecule has 0 atom stereocenters. The van der Waals surface area contributed by atoms with Crippen molar-refractivity contribution in [3.63, 3.8) is 0 Å². The van der Waals surface area contributed by atoms with Gasteiger partial charge in [-0.05, 0) is 24.3 Å². The minimum atomic E-state index is 0.662. The number of rotatable bonds is 7. The van der Waals surface area contributed by atoms with Gasteiger partial charge in [-0.3, -0.25) is 4.90 Å². The highest BCUT2D eigenvalue weighted by Crippen LogP contribution is 2.30. The van der Waals surface area contributed by atoms with Crippen molar-refractivity contribution in [3.8, 4) is 11.5 Å². The molecule has 7 nitrogen and oxygen atoms in total. The summed E-state index contributed by atoms with van der Waals surface area (Å²) in [5, 5.41) is 0. The Labute approximate surface area is 170 Å². The molecule has 0 N–H and O–H groups in total. The Morgan fingerprint density at radius 1 is 1.03 bits per heavy atom. The molecule has 1 aliphatic rings. The van der Waals surface area contributed by atoms with Gasteiger partial charge in [0.1, 0.15) is 0 Å². The third kappa shape index (κ3) is 4.26. The normalized spacial score (nSPS) is 15.2. The van der Waals surface area contributed by atoms with E-state index in [1.807, 2.05) is 36.4 Å². The van der Waals surface area contributed by atoms with E-state index < -0.39 is 0 Å². The molecule has 1 saturated heterocycles. The van der Waals surface area contributed by atoms with Crippen LogP contribution in [0.1, 0.15) is 5.56 Å². The van der Waals surface area contributed by atoms with Crippen molar-refractivity contribution in [1.29, 1.82) is 0 Å². The lowest BCUT2D eigenvalue weighted by Crippen LogP contribution is -2.38. The lowest BCUT2D eigenvalue weighted by atomic mass is 10.2. The number of methoxy groups -OCH3 is 2. The second kappa shape index (κ2) is 9.07. The predicted octanol–water partition coefficient (Wildman–Crippen LogP) is 3.14. The average Bonchev–Trinajstić information content (AvgIpc) is 3.14. The fourth-order valence-electron chi connectivity index (χ4n) is 3.59. The fraction of sp³-hybridized carbons (Fsp3) is 0.364. The number of aromatic nitrogens is 2. The minimum absolute atomic E-state index is 0.662. The van der Waals surface area contributed by atoms with Gasteiger partial charge in [-0.15, -0.1) is 0 Å². The van der Waals surface area contributed by atoms with Crippen LogP contribution < -0.4 is 9.47 Å². The topological polar surface area (TPSA) is 61.1 Å². The van der Waals surface area contributed by atoms with Crippen LogP contribution >= 0.6 is 0 Å². The second-order valence-corrected chi connectivity index (χ2v) is 6.85. The van der Waals surface area contributed by atoms with E-state index in [9.17, 15) is 0 Å². The van der Waals surface area contributed by atoms with Crippen molar-refractivity contribution in [2.45, 2.75) is 6.54 Å². The highest BCUT2D eigenvalue weighted by Gasteiger charge is 2.14. The SMILES string of the molecule is COc1cccc(C=Nc2nc3ccccc3n2CCN2CCOCC2)c1OC. The first-order valence-electron chi connectivity index (χ1n) is 9.80. The molecular weight excluding hydrogens is 368 g/mol.